The van der Waals surface area contributed by atoms with Gasteiger partial charge in [0.25, 0.3) is 0 Å². The van der Waals surface area contributed by atoms with E-state index in [2.05, 4.69) is 0 Å². The van der Waals surface area contributed by atoms with Gasteiger partial charge in [0.15, 0.2) is 0 Å². The fourth-order valence-electron chi connectivity index (χ4n) is 4.41. The fraction of sp³-hybridized carbons (Fsp3) is 0.478. The Labute approximate surface area is 185 Å². The van der Waals surface area contributed by atoms with Crippen LogP contribution in [0.5, 0.6) is 5.75 Å². The van der Waals surface area contributed by atoms with Gasteiger partial charge in [-0.2, -0.15) is 0 Å². The Morgan fingerprint density at radius 3 is 2.58 bits per heavy atom. The molecule has 3 saturated heterocycles. The van der Waals surface area contributed by atoms with Crippen LogP contribution in [0.25, 0.3) is 0 Å². The highest BCUT2D eigenvalue weighted by Gasteiger charge is 2.60. The molecule has 3 heterocycles. The number of aliphatic hydroxyl groups excluding tert-OH is 3. The number of hydrogen-bond donors (Lipinski definition) is 3. The number of benzene rings is 2. The SMILES string of the molecule is O[C@H]1[C@H](O)[C@H]2CO[C@](c3ccc(Cl)c(Cc4ccc(O[C@H]5CCOC5)cc4)c3)(O2)[C@@H]1O. The van der Waals surface area contributed by atoms with E-state index < -0.39 is 30.2 Å². The Hall–Kier alpha value is -1.71. The van der Waals surface area contributed by atoms with Crippen LogP contribution in [0.4, 0.5) is 0 Å². The van der Waals surface area contributed by atoms with Gasteiger partial charge in [-0.15, -0.1) is 0 Å². The zero-order valence-corrected chi connectivity index (χ0v) is 17.6. The van der Waals surface area contributed by atoms with Crippen LogP contribution in [0.1, 0.15) is 23.1 Å². The smallest absolute Gasteiger partial charge is 0.225 e. The highest BCUT2D eigenvalue weighted by atomic mass is 35.5. The molecule has 6 atom stereocenters. The third-order valence-corrected chi connectivity index (χ3v) is 6.56. The molecule has 166 valence electrons. The lowest BCUT2D eigenvalue weighted by atomic mass is 9.89. The molecule has 0 spiro atoms. The summed E-state index contributed by atoms with van der Waals surface area (Å²) in [6, 6.07) is 13.1. The molecule has 0 unspecified atom stereocenters. The van der Waals surface area contributed by atoms with Gasteiger partial charge in [0.2, 0.25) is 5.79 Å². The summed E-state index contributed by atoms with van der Waals surface area (Å²) in [5, 5.41) is 31.5. The van der Waals surface area contributed by atoms with E-state index in [1.165, 1.54) is 0 Å². The van der Waals surface area contributed by atoms with Crippen LogP contribution < -0.4 is 4.74 Å². The predicted molar refractivity (Wildman–Crippen MR) is 111 cm³/mol. The van der Waals surface area contributed by atoms with E-state index in [0.717, 1.165) is 29.9 Å². The highest BCUT2D eigenvalue weighted by Crippen LogP contribution is 2.45. The second-order valence-corrected chi connectivity index (χ2v) is 8.70. The summed E-state index contributed by atoms with van der Waals surface area (Å²) in [6.45, 7) is 1.44. The van der Waals surface area contributed by atoms with Crippen molar-refractivity contribution in [2.75, 3.05) is 19.8 Å². The summed E-state index contributed by atoms with van der Waals surface area (Å²) < 4.78 is 22.9. The Morgan fingerprint density at radius 1 is 1.03 bits per heavy atom. The van der Waals surface area contributed by atoms with Crippen LogP contribution >= 0.6 is 11.6 Å². The molecule has 0 aromatic heterocycles. The monoisotopic (exact) mass is 448 g/mol. The molecule has 0 amide bonds. The molecule has 2 bridgehead atoms. The van der Waals surface area contributed by atoms with E-state index in [0.29, 0.717) is 23.6 Å². The largest absolute Gasteiger partial charge is 0.488 e. The van der Waals surface area contributed by atoms with Gasteiger partial charge in [-0.3, -0.25) is 0 Å². The van der Waals surface area contributed by atoms with E-state index in [9.17, 15) is 15.3 Å². The number of rotatable bonds is 5. The first-order valence-corrected chi connectivity index (χ1v) is 10.8. The fourth-order valence-corrected chi connectivity index (χ4v) is 4.59. The summed E-state index contributed by atoms with van der Waals surface area (Å²) in [7, 11) is 0. The maximum absolute atomic E-state index is 10.6. The highest BCUT2D eigenvalue weighted by molar-refractivity contribution is 6.31. The van der Waals surface area contributed by atoms with Crippen LogP contribution in [-0.2, 0) is 26.4 Å². The molecule has 5 rings (SSSR count). The van der Waals surface area contributed by atoms with Gasteiger partial charge < -0.3 is 34.3 Å². The van der Waals surface area contributed by atoms with Crippen molar-refractivity contribution in [2.45, 2.75) is 49.1 Å². The zero-order chi connectivity index (χ0) is 21.6. The first kappa shape index (κ1) is 21.2. The number of aliphatic hydroxyl groups is 3. The Bertz CT molecular complexity index is 930. The van der Waals surface area contributed by atoms with E-state index in [4.69, 9.17) is 30.5 Å². The summed E-state index contributed by atoms with van der Waals surface area (Å²) in [4.78, 5) is 0. The summed E-state index contributed by atoms with van der Waals surface area (Å²) in [5.74, 6) is -0.723. The normalized spacial score (nSPS) is 34.8. The van der Waals surface area contributed by atoms with Crippen molar-refractivity contribution in [3.63, 3.8) is 0 Å². The molecule has 3 fully saturated rings. The van der Waals surface area contributed by atoms with E-state index in [1.54, 1.807) is 12.1 Å². The molecule has 7 nitrogen and oxygen atoms in total. The topological polar surface area (TPSA) is 97.6 Å². The van der Waals surface area contributed by atoms with Gasteiger partial charge in [-0.1, -0.05) is 29.8 Å². The Balaban J connectivity index is 1.36. The van der Waals surface area contributed by atoms with E-state index >= 15 is 0 Å². The molecule has 0 radical (unpaired) electrons. The molecule has 3 N–H and O–H groups in total. The average molecular weight is 449 g/mol. The van der Waals surface area contributed by atoms with Crippen LogP contribution in [0.3, 0.4) is 0 Å². The van der Waals surface area contributed by atoms with Crippen LogP contribution in [-0.4, -0.2) is 65.7 Å². The number of ether oxygens (including phenoxy) is 4. The first-order chi connectivity index (χ1) is 15.0. The molecular weight excluding hydrogens is 424 g/mol. The second-order valence-electron chi connectivity index (χ2n) is 8.29. The second kappa shape index (κ2) is 8.33. The van der Waals surface area contributed by atoms with Gasteiger partial charge in [0, 0.05) is 17.0 Å². The summed E-state index contributed by atoms with van der Waals surface area (Å²) in [5.41, 5.74) is 2.42. The van der Waals surface area contributed by atoms with Gasteiger partial charge in [0.05, 0.1) is 19.8 Å². The molecule has 8 heteroatoms. The first-order valence-electron chi connectivity index (χ1n) is 10.4. The minimum Gasteiger partial charge on any atom is -0.488 e. The molecule has 0 saturated carbocycles. The van der Waals surface area contributed by atoms with Gasteiger partial charge in [-0.25, -0.2) is 0 Å². The molecule has 2 aromatic carbocycles. The zero-order valence-electron chi connectivity index (χ0n) is 16.8. The van der Waals surface area contributed by atoms with Gasteiger partial charge in [-0.05, 0) is 41.8 Å². The number of halogens is 1. The Morgan fingerprint density at radius 2 is 1.84 bits per heavy atom. The van der Waals surface area contributed by atoms with Crippen molar-refractivity contribution < 1.29 is 34.3 Å². The average Bonchev–Trinajstić information content (AvgIpc) is 3.44. The number of fused-ring (bicyclic) bond motifs is 2. The molecule has 2 aromatic rings. The molecule has 31 heavy (non-hydrogen) atoms. The number of hydrogen-bond acceptors (Lipinski definition) is 7. The van der Waals surface area contributed by atoms with Crippen LogP contribution in [0.15, 0.2) is 42.5 Å². The van der Waals surface area contributed by atoms with Crippen molar-refractivity contribution in [2.24, 2.45) is 0 Å². The molecule has 3 aliphatic heterocycles. The Kier molecular flexibility index (Phi) is 5.68. The minimum atomic E-state index is -1.52. The summed E-state index contributed by atoms with van der Waals surface area (Å²) in [6.07, 6.45) is -3.13. The van der Waals surface area contributed by atoms with Crippen molar-refractivity contribution >= 4 is 11.6 Å². The van der Waals surface area contributed by atoms with Gasteiger partial charge in [0.1, 0.15) is 36.3 Å². The van der Waals surface area contributed by atoms with Gasteiger partial charge >= 0.3 is 0 Å². The maximum Gasteiger partial charge on any atom is 0.225 e. The predicted octanol–water partition coefficient (Wildman–Crippen LogP) is 1.76. The molecule has 3 aliphatic rings. The lowest BCUT2D eigenvalue weighted by molar-refractivity contribution is -0.302. The lowest BCUT2D eigenvalue weighted by Gasteiger charge is -2.41. The summed E-state index contributed by atoms with van der Waals surface area (Å²) >= 11 is 6.44. The lowest BCUT2D eigenvalue weighted by Crippen LogP contribution is -2.58. The molecular formula is C23H25ClO7. The van der Waals surface area contributed by atoms with E-state index in [1.807, 2.05) is 30.3 Å². The minimum absolute atomic E-state index is 0.0841. The molecule has 0 aliphatic carbocycles. The quantitative estimate of drug-likeness (QED) is 0.641. The van der Waals surface area contributed by atoms with Crippen molar-refractivity contribution in [1.82, 2.24) is 0 Å². The van der Waals surface area contributed by atoms with Crippen LogP contribution in [0, 0.1) is 0 Å². The van der Waals surface area contributed by atoms with Crippen molar-refractivity contribution in [1.29, 1.82) is 0 Å². The van der Waals surface area contributed by atoms with Crippen LogP contribution in [0.2, 0.25) is 5.02 Å². The standard InChI is InChI=1S/C23H25ClO7/c24-18-6-3-15(23-22(27)21(26)20(25)19(31-23)12-29-23)10-14(18)9-13-1-4-16(5-2-13)30-17-7-8-28-11-17/h1-6,10,17,19-22,25-27H,7-9,11-12H2/t17-,19+,20+,21-,22+,23+/m0/s1. The van der Waals surface area contributed by atoms with Crippen molar-refractivity contribution in [3.05, 3.63) is 64.2 Å². The third-order valence-electron chi connectivity index (χ3n) is 6.19. The maximum atomic E-state index is 10.6. The van der Waals surface area contributed by atoms with E-state index in [-0.39, 0.29) is 12.7 Å². The van der Waals surface area contributed by atoms with Crippen molar-refractivity contribution in [3.8, 4) is 5.75 Å². The third kappa shape index (κ3) is 3.85.